The second kappa shape index (κ2) is 8.81. The van der Waals surface area contributed by atoms with E-state index < -0.39 is 18.5 Å². The van der Waals surface area contributed by atoms with E-state index in [9.17, 15) is 9.59 Å². The van der Waals surface area contributed by atoms with Crippen molar-refractivity contribution in [2.24, 2.45) is 0 Å². The van der Waals surface area contributed by atoms with E-state index in [4.69, 9.17) is 9.47 Å². The summed E-state index contributed by atoms with van der Waals surface area (Å²) in [6, 6.07) is 12.4. The lowest BCUT2D eigenvalue weighted by Crippen LogP contribution is -2.21. The predicted molar refractivity (Wildman–Crippen MR) is 103 cm³/mol. The number of pyridine rings is 1. The lowest BCUT2D eigenvalue weighted by molar-refractivity contribution is -0.119. The number of carbonyl (C=O) groups excluding carboxylic acids is 2. The number of anilines is 1. The van der Waals surface area contributed by atoms with E-state index in [1.54, 1.807) is 47.3 Å². The molecule has 0 aliphatic heterocycles. The molecule has 0 aliphatic carbocycles. The SMILES string of the molecule is CCc1c(C(=O)OCC(=O)Nc2ccccc2OC)cnn1-c1ccccn1. The average molecular weight is 380 g/mol. The summed E-state index contributed by atoms with van der Waals surface area (Å²) in [6.07, 6.45) is 3.62. The van der Waals surface area contributed by atoms with Crippen LogP contribution in [0.1, 0.15) is 23.0 Å². The zero-order chi connectivity index (χ0) is 19.9. The smallest absolute Gasteiger partial charge is 0.342 e. The van der Waals surface area contributed by atoms with Crippen molar-refractivity contribution in [3.63, 3.8) is 0 Å². The highest BCUT2D eigenvalue weighted by Gasteiger charge is 2.20. The Bertz CT molecular complexity index is 969. The van der Waals surface area contributed by atoms with Gasteiger partial charge in [0.15, 0.2) is 12.4 Å². The van der Waals surface area contributed by atoms with Crippen molar-refractivity contribution < 1.29 is 19.1 Å². The highest BCUT2D eigenvalue weighted by atomic mass is 16.5. The third kappa shape index (κ3) is 4.17. The van der Waals surface area contributed by atoms with Gasteiger partial charge in [0.05, 0.1) is 24.7 Å². The number of para-hydroxylation sites is 2. The number of ether oxygens (including phenoxy) is 2. The summed E-state index contributed by atoms with van der Waals surface area (Å²) in [6.45, 7) is 1.48. The lowest BCUT2D eigenvalue weighted by Gasteiger charge is -2.10. The van der Waals surface area contributed by atoms with Gasteiger partial charge in [0.1, 0.15) is 11.3 Å². The molecule has 28 heavy (non-hydrogen) atoms. The van der Waals surface area contributed by atoms with E-state index in [1.807, 2.05) is 13.0 Å². The normalized spacial score (nSPS) is 10.4. The topological polar surface area (TPSA) is 95.3 Å². The first-order valence-electron chi connectivity index (χ1n) is 8.72. The summed E-state index contributed by atoms with van der Waals surface area (Å²) >= 11 is 0. The van der Waals surface area contributed by atoms with Crippen molar-refractivity contribution >= 4 is 17.6 Å². The Morgan fingerprint density at radius 3 is 2.64 bits per heavy atom. The van der Waals surface area contributed by atoms with Gasteiger partial charge in [-0.2, -0.15) is 5.10 Å². The van der Waals surface area contributed by atoms with Crippen molar-refractivity contribution in [1.82, 2.24) is 14.8 Å². The molecule has 1 aromatic carbocycles. The molecule has 0 fully saturated rings. The highest BCUT2D eigenvalue weighted by Crippen LogP contribution is 2.23. The first-order valence-corrected chi connectivity index (χ1v) is 8.72. The zero-order valence-corrected chi connectivity index (χ0v) is 15.6. The summed E-state index contributed by atoms with van der Waals surface area (Å²) in [5.74, 6) is 0.0432. The third-order valence-electron chi connectivity index (χ3n) is 4.01. The van der Waals surface area contributed by atoms with Gasteiger partial charge >= 0.3 is 5.97 Å². The molecule has 8 nitrogen and oxygen atoms in total. The van der Waals surface area contributed by atoms with Crippen molar-refractivity contribution in [3.8, 4) is 11.6 Å². The fourth-order valence-electron chi connectivity index (χ4n) is 2.70. The van der Waals surface area contributed by atoms with Crippen LogP contribution in [0.5, 0.6) is 5.75 Å². The van der Waals surface area contributed by atoms with Crippen LogP contribution in [0.4, 0.5) is 5.69 Å². The molecule has 0 saturated carbocycles. The van der Waals surface area contributed by atoms with E-state index in [1.165, 1.54) is 13.3 Å². The van der Waals surface area contributed by atoms with Crippen LogP contribution < -0.4 is 10.1 Å². The number of esters is 1. The zero-order valence-electron chi connectivity index (χ0n) is 15.6. The van der Waals surface area contributed by atoms with Crippen LogP contribution in [0.2, 0.25) is 0 Å². The fraction of sp³-hybridized carbons (Fsp3) is 0.200. The Kier molecular flexibility index (Phi) is 6.01. The number of amides is 1. The maximum absolute atomic E-state index is 12.4. The van der Waals surface area contributed by atoms with E-state index in [2.05, 4.69) is 15.4 Å². The van der Waals surface area contributed by atoms with Crippen LogP contribution in [-0.2, 0) is 16.0 Å². The Balaban J connectivity index is 1.67. The predicted octanol–water partition coefficient (Wildman–Crippen LogP) is 2.63. The molecule has 0 atom stereocenters. The lowest BCUT2D eigenvalue weighted by atomic mass is 10.2. The fourth-order valence-corrected chi connectivity index (χ4v) is 2.70. The van der Waals surface area contributed by atoms with Crippen LogP contribution in [0, 0.1) is 0 Å². The average Bonchev–Trinajstić information content (AvgIpc) is 3.17. The van der Waals surface area contributed by atoms with Crippen LogP contribution >= 0.6 is 0 Å². The van der Waals surface area contributed by atoms with Crippen LogP contribution in [0.15, 0.2) is 54.9 Å². The minimum absolute atomic E-state index is 0.304. The van der Waals surface area contributed by atoms with Gasteiger partial charge in [0.25, 0.3) is 5.91 Å². The number of methoxy groups -OCH3 is 1. The molecule has 3 rings (SSSR count). The number of carbonyl (C=O) groups is 2. The summed E-state index contributed by atoms with van der Waals surface area (Å²) in [4.78, 5) is 28.8. The van der Waals surface area contributed by atoms with E-state index in [0.29, 0.717) is 34.9 Å². The maximum Gasteiger partial charge on any atom is 0.342 e. The third-order valence-corrected chi connectivity index (χ3v) is 4.01. The number of hydrogen-bond donors (Lipinski definition) is 1. The molecule has 0 radical (unpaired) electrons. The number of benzene rings is 1. The van der Waals surface area contributed by atoms with E-state index in [-0.39, 0.29) is 0 Å². The summed E-state index contributed by atoms with van der Waals surface area (Å²) in [7, 11) is 1.51. The molecule has 2 heterocycles. The molecule has 2 aromatic heterocycles. The number of hydrogen-bond acceptors (Lipinski definition) is 6. The molecule has 0 saturated heterocycles. The molecule has 3 aromatic rings. The molecule has 8 heteroatoms. The number of nitrogens with zero attached hydrogens (tertiary/aromatic N) is 3. The summed E-state index contributed by atoms with van der Waals surface area (Å²) < 4.78 is 11.9. The van der Waals surface area contributed by atoms with Gasteiger partial charge in [-0.05, 0) is 30.7 Å². The minimum atomic E-state index is -0.616. The highest BCUT2D eigenvalue weighted by molar-refractivity contribution is 5.96. The largest absolute Gasteiger partial charge is 0.495 e. The second-order valence-electron chi connectivity index (χ2n) is 5.78. The number of rotatable bonds is 7. The molecule has 0 unspecified atom stereocenters. The molecule has 1 N–H and O–H groups in total. The summed E-state index contributed by atoms with van der Waals surface area (Å²) in [5, 5.41) is 6.89. The first kappa shape index (κ1) is 19.1. The van der Waals surface area contributed by atoms with Gasteiger partial charge in [-0.15, -0.1) is 0 Å². The first-order chi connectivity index (χ1) is 13.6. The van der Waals surface area contributed by atoms with Gasteiger partial charge in [0.2, 0.25) is 0 Å². The Labute approximate surface area is 162 Å². The quantitative estimate of drug-likeness (QED) is 0.633. The van der Waals surface area contributed by atoms with Crippen molar-refractivity contribution in [1.29, 1.82) is 0 Å². The van der Waals surface area contributed by atoms with E-state index >= 15 is 0 Å². The molecular formula is C20H20N4O4. The van der Waals surface area contributed by atoms with Crippen LogP contribution in [0.25, 0.3) is 5.82 Å². The molecule has 144 valence electrons. The Morgan fingerprint density at radius 1 is 1.14 bits per heavy atom. The van der Waals surface area contributed by atoms with Gasteiger partial charge < -0.3 is 14.8 Å². The van der Waals surface area contributed by atoms with Gasteiger partial charge in [-0.3, -0.25) is 4.79 Å². The molecule has 0 aliphatic rings. The van der Waals surface area contributed by atoms with Crippen molar-refractivity contribution in [3.05, 3.63) is 66.1 Å². The monoisotopic (exact) mass is 380 g/mol. The van der Waals surface area contributed by atoms with Crippen LogP contribution in [0.3, 0.4) is 0 Å². The summed E-state index contributed by atoms with van der Waals surface area (Å²) in [5.41, 5.74) is 1.47. The van der Waals surface area contributed by atoms with Crippen molar-refractivity contribution in [2.75, 3.05) is 19.0 Å². The molecule has 0 bridgehead atoms. The number of aromatic nitrogens is 3. The molecule has 0 spiro atoms. The minimum Gasteiger partial charge on any atom is -0.495 e. The van der Waals surface area contributed by atoms with Gasteiger partial charge in [-0.25, -0.2) is 14.5 Å². The van der Waals surface area contributed by atoms with E-state index in [0.717, 1.165) is 0 Å². The van der Waals surface area contributed by atoms with Crippen LogP contribution in [-0.4, -0.2) is 40.4 Å². The number of nitrogens with one attached hydrogen (secondary N) is 1. The molecular weight excluding hydrogens is 360 g/mol. The van der Waals surface area contributed by atoms with Gasteiger partial charge in [0, 0.05) is 6.20 Å². The van der Waals surface area contributed by atoms with Crippen molar-refractivity contribution in [2.45, 2.75) is 13.3 Å². The Hall–Kier alpha value is -3.68. The molecule has 1 amide bonds. The van der Waals surface area contributed by atoms with Gasteiger partial charge in [-0.1, -0.05) is 25.1 Å². The Morgan fingerprint density at radius 2 is 1.93 bits per heavy atom. The second-order valence-corrected chi connectivity index (χ2v) is 5.78. The standard InChI is InChI=1S/C20H20N4O4/c1-3-16-14(12-22-24(16)18-10-6-7-11-21-18)20(26)28-13-19(25)23-15-8-4-5-9-17(15)27-2/h4-12H,3,13H2,1-2H3,(H,23,25). The maximum atomic E-state index is 12.4.